The van der Waals surface area contributed by atoms with Crippen LogP contribution in [-0.2, 0) is 0 Å². The predicted molar refractivity (Wildman–Crippen MR) is 82.4 cm³/mol. The lowest BCUT2D eigenvalue weighted by Gasteiger charge is -2.42. The summed E-state index contributed by atoms with van der Waals surface area (Å²) in [5.74, 6) is 0.106. The van der Waals surface area contributed by atoms with E-state index in [0.717, 1.165) is 31.9 Å². The molecule has 1 aromatic rings. The third-order valence-electron chi connectivity index (χ3n) is 3.95. The molecule has 1 aromatic heterocycles. The first kappa shape index (κ1) is 15.0. The van der Waals surface area contributed by atoms with Crippen molar-refractivity contribution >= 4 is 11.5 Å². The summed E-state index contributed by atoms with van der Waals surface area (Å²) in [6.07, 6.45) is 2.34. The monoisotopic (exact) mass is 275 g/mol. The Labute approximate surface area is 121 Å². The summed E-state index contributed by atoms with van der Waals surface area (Å²) in [5, 5.41) is 0. The van der Waals surface area contributed by atoms with Crippen LogP contribution in [0.4, 0.5) is 5.69 Å². The van der Waals surface area contributed by atoms with Gasteiger partial charge < -0.3 is 4.90 Å². The fourth-order valence-electron chi connectivity index (χ4n) is 2.55. The van der Waals surface area contributed by atoms with E-state index in [9.17, 15) is 4.79 Å². The van der Waals surface area contributed by atoms with Crippen molar-refractivity contribution in [2.24, 2.45) is 0 Å². The van der Waals surface area contributed by atoms with E-state index < -0.39 is 0 Å². The maximum Gasteiger partial charge on any atom is 0.180 e. The second-order valence-electron chi connectivity index (χ2n) is 6.32. The number of ketones is 1. The van der Waals surface area contributed by atoms with Crippen LogP contribution >= 0.6 is 0 Å². The molecule has 2 heterocycles. The smallest absolute Gasteiger partial charge is 0.180 e. The molecule has 2 rings (SSSR count). The molecule has 4 heteroatoms. The molecule has 0 aliphatic carbocycles. The first-order valence-electron chi connectivity index (χ1n) is 7.41. The molecule has 1 fully saturated rings. The lowest BCUT2D eigenvalue weighted by Crippen LogP contribution is -2.53. The van der Waals surface area contributed by atoms with Gasteiger partial charge in [0, 0.05) is 38.1 Å². The van der Waals surface area contributed by atoms with Gasteiger partial charge in [-0.05, 0) is 32.9 Å². The molecule has 1 aliphatic rings. The van der Waals surface area contributed by atoms with E-state index in [-0.39, 0.29) is 11.3 Å². The van der Waals surface area contributed by atoms with E-state index >= 15 is 0 Å². The second kappa shape index (κ2) is 5.92. The Kier molecular flexibility index (Phi) is 4.43. The zero-order valence-electron chi connectivity index (χ0n) is 13.0. The van der Waals surface area contributed by atoms with Crippen molar-refractivity contribution in [1.29, 1.82) is 0 Å². The van der Waals surface area contributed by atoms with Gasteiger partial charge in [0.05, 0.1) is 11.9 Å². The van der Waals surface area contributed by atoms with Gasteiger partial charge in [-0.15, -0.1) is 0 Å². The van der Waals surface area contributed by atoms with Crippen LogP contribution in [0.1, 0.15) is 44.6 Å². The number of hydrogen-bond acceptors (Lipinski definition) is 4. The lowest BCUT2D eigenvalue weighted by molar-refractivity contribution is 0.0983. The van der Waals surface area contributed by atoms with Crippen LogP contribution in [0, 0.1) is 0 Å². The predicted octanol–water partition coefficient (Wildman–Crippen LogP) is 2.59. The van der Waals surface area contributed by atoms with Crippen molar-refractivity contribution in [3.05, 3.63) is 24.0 Å². The molecule has 0 atom stereocenters. The van der Waals surface area contributed by atoms with Crippen LogP contribution < -0.4 is 4.90 Å². The number of piperazine rings is 1. The van der Waals surface area contributed by atoms with Crippen molar-refractivity contribution in [3.63, 3.8) is 0 Å². The van der Waals surface area contributed by atoms with E-state index in [4.69, 9.17) is 0 Å². The Balaban J connectivity index is 1.99. The fraction of sp³-hybridized carbons (Fsp3) is 0.625. The Morgan fingerprint density at radius 2 is 1.85 bits per heavy atom. The Hall–Kier alpha value is -1.42. The highest BCUT2D eigenvalue weighted by Crippen LogP contribution is 2.20. The average Bonchev–Trinajstić information content (AvgIpc) is 2.46. The minimum atomic E-state index is 0.106. The summed E-state index contributed by atoms with van der Waals surface area (Å²) in [4.78, 5) is 20.7. The van der Waals surface area contributed by atoms with Crippen molar-refractivity contribution in [2.75, 3.05) is 31.1 Å². The summed E-state index contributed by atoms with van der Waals surface area (Å²) in [6.45, 7) is 12.8. The highest BCUT2D eigenvalue weighted by Gasteiger charge is 2.25. The molecular formula is C16H25N3O. The molecule has 0 N–H and O–H groups in total. The fourth-order valence-corrected chi connectivity index (χ4v) is 2.55. The third-order valence-corrected chi connectivity index (χ3v) is 3.95. The molecule has 110 valence electrons. The maximum absolute atomic E-state index is 11.6. The molecule has 0 aromatic carbocycles. The van der Waals surface area contributed by atoms with Gasteiger partial charge in [-0.2, -0.15) is 0 Å². The van der Waals surface area contributed by atoms with Crippen molar-refractivity contribution in [1.82, 2.24) is 9.88 Å². The number of Topliss-reactive ketones (excluding diaryl/α,β-unsaturated/α-hetero) is 1. The normalized spacial score (nSPS) is 17.3. The summed E-state index contributed by atoms with van der Waals surface area (Å²) < 4.78 is 0. The molecule has 0 spiro atoms. The summed E-state index contributed by atoms with van der Waals surface area (Å²) in [6, 6.07) is 3.86. The topological polar surface area (TPSA) is 36.4 Å². The van der Waals surface area contributed by atoms with Crippen molar-refractivity contribution in [2.45, 2.75) is 39.7 Å². The molecule has 0 radical (unpaired) electrons. The van der Waals surface area contributed by atoms with Gasteiger partial charge in [-0.3, -0.25) is 14.7 Å². The number of rotatable bonds is 3. The number of nitrogens with zero attached hydrogens (tertiary/aromatic N) is 3. The standard InChI is InChI=1S/C16H25N3O/c1-5-15(20)14-7-6-13(12-17-14)18-8-10-19(11-9-18)16(2,3)4/h6-7,12H,5,8-11H2,1-4H3. The molecule has 4 nitrogen and oxygen atoms in total. The van der Waals surface area contributed by atoms with Gasteiger partial charge in [0.2, 0.25) is 0 Å². The molecule has 0 unspecified atom stereocenters. The maximum atomic E-state index is 11.6. The van der Waals surface area contributed by atoms with Gasteiger partial charge in [-0.1, -0.05) is 6.92 Å². The van der Waals surface area contributed by atoms with E-state index in [0.29, 0.717) is 12.1 Å². The van der Waals surface area contributed by atoms with E-state index in [1.165, 1.54) is 0 Å². The number of hydrogen-bond donors (Lipinski definition) is 0. The lowest BCUT2D eigenvalue weighted by atomic mass is 10.0. The zero-order chi connectivity index (χ0) is 14.8. The molecule has 0 saturated carbocycles. The van der Waals surface area contributed by atoms with Gasteiger partial charge in [-0.25, -0.2) is 0 Å². The van der Waals surface area contributed by atoms with E-state index in [1.807, 2.05) is 25.3 Å². The van der Waals surface area contributed by atoms with Crippen LogP contribution in [0.5, 0.6) is 0 Å². The van der Waals surface area contributed by atoms with Crippen LogP contribution in [-0.4, -0.2) is 47.4 Å². The number of carbonyl (C=O) groups is 1. The van der Waals surface area contributed by atoms with Crippen molar-refractivity contribution < 1.29 is 4.79 Å². The average molecular weight is 275 g/mol. The first-order valence-corrected chi connectivity index (χ1v) is 7.41. The second-order valence-corrected chi connectivity index (χ2v) is 6.32. The summed E-state index contributed by atoms with van der Waals surface area (Å²) >= 11 is 0. The summed E-state index contributed by atoms with van der Waals surface area (Å²) in [5.41, 5.74) is 1.93. The minimum absolute atomic E-state index is 0.106. The number of anilines is 1. The van der Waals surface area contributed by atoms with E-state index in [1.54, 1.807) is 0 Å². The Morgan fingerprint density at radius 1 is 1.20 bits per heavy atom. The number of pyridine rings is 1. The zero-order valence-corrected chi connectivity index (χ0v) is 13.0. The van der Waals surface area contributed by atoms with Crippen LogP contribution in [0.3, 0.4) is 0 Å². The van der Waals surface area contributed by atoms with Gasteiger partial charge >= 0.3 is 0 Å². The quantitative estimate of drug-likeness (QED) is 0.795. The largest absolute Gasteiger partial charge is 0.368 e. The Morgan fingerprint density at radius 3 is 2.30 bits per heavy atom. The van der Waals surface area contributed by atoms with Crippen LogP contribution in [0.15, 0.2) is 18.3 Å². The van der Waals surface area contributed by atoms with Gasteiger partial charge in [0.25, 0.3) is 0 Å². The van der Waals surface area contributed by atoms with Gasteiger partial charge in [0.15, 0.2) is 5.78 Å². The Bertz CT molecular complexity index is 454. The highest BCUT2D eigenvalue weighted by molar-refractivity contribution is 5.94. The molecule has 0 bridgehead atoms. The molecule has 20 heavy (non-hydrogen) atoms. The number of aromatic nitrogens is 1. The summed E-state index contributed by atoms with van der Waals surface area (Å²) in [7, 11) is 0. The highest BCUT2D eigenvalue weighted by atomic mass is 16.1. The van der Waals surface area contributed by atoms with Gasteiger partial charge in [0.1, 0.15) is 5.69 Å². The molecular weight excluding hydrogens is 250 g/mol. The number of carbonyl (C=O) groups excluding carboxylic acids is 1. The van der Waals surface area contributed by atoms with Crippen LogP contribution in [0.25, 0.3) is 0 Å². The molecule has 1 saturated heterocycles. The molecule has 0 amide bonds. The van der Waals surface area contributed by atoms with E-state index in [2.05, 4.69) is 35.6 Å². The minimum Gasteiger partial charge on any atom is -0.368 e. The van der Waals surface area contributed by atoms with Crippen LogP contribution in [0.2, 0.25) is 0 Å². The molecule has 1 aliphatic heterocycles. The first-order chi connectivity index (χ1) is 9.41. The third kappa shape index (κ3) is 3.37. The van der Waals surface area contributed by atoms with Crippen molar-refractivity contribution in [3.8, 4) is 0 Å². The SMILES string of the molecule is CCC(=O)c1ccc(N2CCN(C(C)(C)C)CC2)cn1.